The Bertz CT molecular complexity index is 90.9. The predicted molar refractivity (Wildman–Crippen MR) is 44.0 cm³/mol. The zero-order valence-corrected chi connectivity index (χ0v) is 7.31. The van der Waals surface area contributed by atoms with Crippen LogP contribution in [0.4, 0.5) is 0 Å². The largest absolute Gasteiger partial charge is 0.300 e. The minimum atomic E-state index is 0.343. The van der Waals surface area contributed by atoms with E-state index in [9.17, 15) is 4.79 Å². The van der Waals surface area contributed by atoms with Gasteiger partial charge in [0.25, 0.3) is 0 Å². The lowest BCUT2D eigenvalue weighted by molar-refractivity contribution is -0.121. The monoisotopic (exact) mass is 142 g/mol. The Labute approximate surface area is 63.8 Å². The second-order valence-electron chi connectivity index (χ2n) is 2.88. The van der Waals surface area contributed by atoms with E-state index in [0.717, 1.165) is 25.7 Å². The van der Waals surface area contributed by atoms with Crippen LogP contribution in [0, 0.1) is 5.92 Å². The van der Waals surface area contributed by atoms with Crippen molar-refractivity contribution in [1.82, 2.24) is 0 Å². The number of hydrogen-bond donors (Lipinski definition) is 0. The molecular weight excluding hydrogens is 124 g/mol. The topological polar surface area (TPSA) is 17.1 Å². The fraction of sp³-hybridized carbons (Fsp3) is 0.889. The summed E-state index contributed by atoms with van der Waals surface area (Å²) in [6.45, 7) is 5.97. The summed E-state index contributed by atoms with van der Waals surface area (Å²) in [5.41, 5.74) is 0. The summed E-state index contributed by atoms with van der Waals surface area (Å²) in [4.78, 5) is 10.9. The molecule has 0 unspecified atom stereocenters. The van der Waals surface area contributed by atoms with Crippen molar-refractivity contribution in [1.29, 1.82) is 0 Å². The molecule has 0 saturated heterocycles. The van der Waals surface area contributed by atoms with Crippen molar-refractivity contribution in [3.63, 3.8) is 0 Å². The molecule has 60 valence electrons. The van der Waals surface area contributed by atoms with Crippen molar-refractivity contribution in [2.45, 2.75) is 46.5 Å². The molecule has 0 atom stereocenters. The van der Waals surface area contributed by atoms with Crippen LogP contribution in [-0.4, -0.2) is 5.78 Å². The van der Waals surface area contributed by atoms with Gasteiger partial charge in [0, 0.05) is 5.92 Å². The van der Waals surface area contributed by atoms with Crippen LogP contribution in [0.3, 0.4) is 0 Å². The third kappa shape index (κ3) is 3.65. The number of carbonyl (C=O) groups is 1. The molecule has 0 bridgehead atoms. The molecule has 1 nitrogen and oxygen atoms in total. The number of ketones is 1. The summed E-state index contributed by atoms with van der Waals surface area (Å²) >= 11 is 0. The summed E-state index contributed by atoms with van der Waals surface area (Å²) < 4.78 is 0. The van der Waals surface area contributed by atoms with Crippen molar-refractivity contribution in [3.05, 3.63) is 0 Å². The van der Waals surface area contributed by atoms with Gasteiger partial charge in [-0.05, 0) is 19.8 Å². The molecule has 0 heterocycles. The van der Waals surface area contributed by atoms with Crippen LogP contribution in [-0.2, 0) is 4.79 Å². The maximum Gasteiger partial charge on any atom is 0.132 e. The zero-order valence-electron chi connectivity index (χ0n) is 7.31. The van der Waals surface area contributed by atoms with Gasteiger partial charge in [-0.15, -0.1) is 0 Å². The Hall–Kier alpha value is -0.330. The second-order valence-corrected chi connectivity index (χ2v) is 2.88. The highest BCUT2D eigenvalue weighted by Crippen LogP contribution is 2.13. The number of rotatable bonds is 5. The van der Waals surface area contributed by atoms with E-state index in [0.29, 0.717) is 11.7 Å². The van der Waals surface area contributed by atoms with E-state index >= 15 is 0 Å². The first-order chi connectivity index (χ1) is 4.72. The van der Waals surface area contributed by atoms with Crippen molar-refractivity contribution in [2.24, 2.45) is 5.92 Å². The molecule has 0 rings (SSSR count). The number of carbonyl (C=O) groups excluding carboxylic acids is 1. The van der Waals surface area contributed by atoms with Gasteiger partial charge in [0.15, 0.2) is 0 Å². The summed E-state index contributed by atoms with van der Waals surface area (Å²) in [6, 6.07) is 0. The predicted octanol–water partition coefficient (Wildman–Crippen LogP) is 2.79. The molecule has 0 aliphatic carbocycles. The van der Waals surface area contributed by atoms with Gasteiger partial charge in [-0.3, -0.25) is 4.79 Å². The van der Waals surface area contributed by atoms with Crippen molar-refractivity contribution < 1.29 is 4.79 Å². The van der Waals surface area contributed by atoms with Gasteiger partial charge in [-0.1, -0.05) is 26.7 Å². The summed E-state index contributed by atoms with van der Waals surface area (Å²) in [5.74, 6) is 0.707. The van der Waals surface area contributed by atoms with E-state index in [1.807, 2.05) is 0 Å². The summed E-state index contributed by atoms with van der Waals surface area (Å²) in [6.07, 6.45) is 4.40. The van der Waals surface area contributed by atoms with Gasteiger partial charge in [0.2, 0.25) is 0 Å². The lowest BCUT2D eigenvalue weighted by atomic mass is 9.95. The molecule has 0 aromatic carbocycles. The summed E-state index contributed by atoms with van der Waals surface area (Å²) in [5, 5.41) is 0. The fourth-order valence-electron chi connectivity index (χ4n) is 1.25. The Morgan fingerprint density at radius 3 is 1.80 bits per heavy atom. The molecule has 0 amide bonds. The quantitative estimate of drug-likeness (QED) is 0.577. The maximum absolute atomic E-state index is 10.9. The van der Waals surface area contributed by atoms with Crippen molar-refractivity contribution in [3.8, 4) is 0 Å². The minimum absolute atomic E-state index is 0.343. The summed E-state index contributed by atoms with van der Waals surface area (Å²) in [7, 11) is 0. The molecule has 0 N–H and O–H groups in total. The SMILES string of the molecule is CCCC(CCC)C(C)=O. The fourth-order valence-corrected chi connectivity index (χ4v) is 1.25. The van der Waals surface area contributed by atoms with Gasteiger partial charge < -0.3 is 0 Å². The molecule has 1 heteroatoms. The van der Waals surface area contributed by atoms with Crippen LogP contribution in [0.25, 0.3) is 0 Å². The Morgan fingerprint density at radius 2 is 1.60 bits per heavy atom. The molecule has 0 aromatic rings. The average molecular weight is 142 g/mol. The van der Waals surface area contributed by atoms with Gasteiger partial charge in [0.05, 0.1) is 0 Å². The highest BCUT2D eigenvalue weighted by molar-refractivity contribution is 5.78. The lowest BCUT2D eigenvalue weighted by Crippen LogP contribution is -2.09. The minimum Gasteiger partial charge on any atom is -0.300 e. The van der Waals surface area contributed by atoms with Crippen LogP contribution < -0.4 is 0 Å². The molecular formula is C9H18O. The van der Waals surface area contributed by atoms with Gasteiger partial charge >= 0.3 is 0 Å². The van der Waals surface area contributed by atoms with Crippen LogP contribution in [0.2, 0.25) is 0 Å². The molecule has 0 fully saturated rings. The van der Waals surface area contributed by atoms with Crippen molar-refractivity contribution >= 4 is 5.78 Å². The first-order valence-corrected chi connectivity index (χ1v) is 4.22. The highest BCUT2D eigenvalue weighted by atomic mass is 16.1. The van der Waals surface area contributed by atoms with E-state index in [1.54, 1.807) is 6.92 Å². The molecule has 0 aromatic heterocycles. The van der Waals surface area contributed by atoms with E-state index in [2.05, 4.69) is 13.8 Å². The van der Waals surface area contributed by atoms with E-state index in [4.69, 9.17) is 0 Å². The third-order valence-corrected chi connectivity index (χ3v) is 1.85. The molecule has 0 aliphatic rings. The second kappa shape index (κ2) is 5.45. The normalized spacial score (nSPS) is 10.4. The number of Topliss-reactive ketones (excluding diaryl/α,β-unsaturated/α-hetero) is 1. The Morgan fingerprint density at radius 1 is 1.20 bits per heavy atom. The first-order valence-electron chi connectivity index (χ1n) is 4.22. The molecule has 10 heavy (non-hydrogen) atoms. The standard InChI is InChI=1S/C9H18O/c1-4-6-9(7-5-2)8(3)10/h9H,4-7H2,1-3H3. The molecule has 0 aliphatic heterocycles. The first kappa shape index (κ1) is 9.67. The van der Waals surface area contributed by atoms with E-state index in [-0.39, 0.29) is 0 Å². The van der Waals surface area contributed by atoms with Crippen LogP contribution in [0.15, 0.2) is 0 Å². The smallest absolute Gasteiger partial charge is 0.132 e. The lowest BCUT2D eigenvalue weighted by Gasteiger charge is -2.09. The molecule has 0 spiro atoms. The third-order valence-electron chi connectivity index (χ3n) is 1.85. The van der Waals surface area contributed by atoms with Crippen LogP contribution in [0.5, 0.6) is 0 Å². The van der Waals surface area contributed by atoms with Crippen molar-refractivity contribution in [2.75, 3.05) is 0 Å². The maximum atomic E-state index is 10.9. The van der Waals surface area contributed by atoms with Crippen LogP contribution in [0.1, 0.15) is 46.5 Å². The average Bonchev–Trinajstić information content (AvgIpc) is 1.87. The van der Waals surface area contributed by atoms with Gasteiger partial charge in [-0.2, -0.15) is 0 Å². The van der Waals surface area contributed by atoms with Gasteiger partial charge in [0.1, 0.15) is 5.78 Å². The van der Waals surface area contributed by atoms with Crippen LogP contribution >= 0.6 is 0 Å². The molecule has 0 saturated carbocycles. The van der Waals surface area contributed by atoms with E-state index in [1.165, 1.54) is 0 Å². The Balaban J connectivity index is 3.61. The van der Waals surface area contributed by atoms with Gasteiger partial charge in [-0.25, -0.2) is 0 Å². The zero-order chi connectivity index (χ0) is 7.98. The van der Waals surface area contributed by atoms with E-state index < -0.39 is 0 Å². The Kier molecular flexibility index (Phi) is 5.27. The highest BCUT2D eigenvalue weighted by Gasteiger charge is 2.10. The molecule has 0 radical (unpaired) electrons. The number of hydrogen-bond acceptors (Lipinski definition) is 1.